The first kappa shape index (κ1) is 9.77. The smallest absolute Gasteiger partial charge is 0.311 e. The third kappa shape index (κ3) is 1.56. The lowest BCUT2D eigenvalue weighted by Crippen LogP contribution is -2.26. The van der Waals surface area contributed by atoms with E-state index < -0.39 is 23.8 Å². The lowest BCUT2D eigenvalue weighted by molar-refractivity contribution is -0.151. The van der Waals surface area contributed by atoms with Crippen molar-refractivity contribution in [2.24, 2.45) is 11.8 Å². The zero-order chi connectivity index (χ0) is 10.2. The highest BCUT2D eigenvalue weighted by molar-refractivity contribution is 5.84. The first-order valence-electron chi connectivity index (χ1n) is 4.07. The molecule has 1 aliphatic rings. The van der Waals surface area contributed by atoms with Gasteiger partial charge in [-0.25, -0.2) is 0 Å². The first-order valence-corrected chi connectivity index (χ1v) is 4.07. The third-order valence-corrected chi connectivity index (χ3v) is 2.65. The second-order valence-electron chi connectivity index (χ2n) is 3.43. The number of carboxylic acids is 2. The molecule has 0 aromatic rings. The number of hydrogen-bond donors (Lipinski definition) is 2. The van der Waals surface area contributed by atoms with E-state index in [1.165, 1.54) is 0 Å². The molecule has 13 heavy (non-hydrogen) atoms. The molecule has 4 heteroatoms. The number of aliphatic carboxylic acids is 2. The van der Waals surface area contributed by atoms with E-state index in [0.717, 1.165) is 5.57 Å². The summed E-state index contributed by atoms with van der Waals surface area (Å²) in [6, 6.07) is 0. The van der Waals surface area contributed by atoms with E-state index in [1.807, 2.05) is 0 Å². The Balaban J connectivity index is 2.97. The van der Waals surface area contributed by atoms with Crippen molar-refractivity contribution in [3.63, 3.8) is 0 Å². The van der Waals surface area contributed by atoms with Gasteiger partial charge in [-0.15, -0.1) is 0 Å². The van der Waals surface area contributed by atoms with Gasteiger partial charge < -0.3 is 10.2 Å². The van der Waals surface area contributed by atoms with Crippen LogP contribution in [0.1, 0.15) is 20.3 Å². The SMILES string of the molecule is CC1=C(C)C(C(=O)O)C(C(=O)O)C1. The summed E-state index contributed by atoms with van der Waals surface area (Å²) in [5.74, 6) is -3.68. The molecular weight excluding hydrogens is 172 g/mol. The Hall–Kier alpha value is -1.32. The molecule has 0 saturated carbocycles. The normalized spacial score (nSPS) is 27.8. The predicted molar refractivity (Wildman–Crippen MR) is 45.2 cm³/mol. The minimum absolute atomic E-state index is 0.359. The van der Waals surface area contributed by atoms with Crippen LogP contribution >= 0.6 is 0 Å². The van der Waals surface area contributed by atoms with E-state index in [4.69, 9.17) is 10.2 Å². The molecule has 0 aliphatic heterocycles. The number of carboxylic acid groups (broad SMARTS) is 2. The van der Waals surface area contributed by atoms with Crippen LogP contribution in [0.4, 0.5) is 0 Å². The monoisotopic (exact) mass is 184 g/mol. The van der Waals surface area contributed by atoms with Crippen molar-refractivity contribution in [1.29, 1.82) is 0 Å². The van der Waals surface area contributed by atoms with Crippen molar-refractivity contribution in [3.05, 3.63) is 11.1 Å². The predicted octanol–water partition coefficient (Wildman–Crippen LogP) is 1.13. The molecule has 2 atom stereocenters. The Kier molecular flexibility index (Phi) is 2.40. The number of carbonyl (C=O) groups is 2. The van der Waals surface area contributed by atoms with E-state index in [2.05, 4.69) is 0 Å². The fourth-order valence-corrected chi connectivity index (χ4v) is 1.76. The lowest BCUT2D eigenvalue weighted by Gasteiger charge is -2.12. The molecule has 1 aliphatic carbocycles. The van der Waals surface area contributed by atoms with Gasteiger partial charge in [0.15, 0.2) is 0 Å². The Bertz CT molecular complexity index is 290. The zero-order valence-electron chi connectivity index (χ0n) is 7.57. The average molecular weight is 184 g/mol. The maximum Gasteiger partial charge on any atom is 0.311 e. The van der Waals surface area contributed by atoms with Gasteiger partial charge in [-0.1, -0.05) is 11.1 Å². The van der Waals surface area contributed by atoms with Crippen LogP contribution in [0.15, 0.2) is 11.1 Å². The molecule has 0 saturated heterocycles. The second-order valence-corrected chi connectivity index (χ2v) is 3.43. The molecule has 0 bridgehead atoms. The molecular formula is C9H12O4. The van der Waals surface area contributed by atoms with Crippen molar-refractivity contribution < 1.29 is 19.8 Å². The average Bonchev–Trinajstić information content (AvgIpc) is 2.28. The zero-order valence-corrected chi connectivity index (χ0v) is 7.57. The molecule has 4 nitrogen and oxygen atoms in total. The molecule has 0 amide bonds. The van der Waals surface area contributed by atoms with E-state index in [1.54, 1.807) is 13.8 Å². The van der Waals surface area contributed by atoms with Crippen LogP contribution in [0.25, 0.3) is 0 Å². The van der Waals surface area contributed by atoms with E-state index in [-0.39, 0.29) is 0 Å². The standard InChI is InChI=1S/C9H12O4/c1-4-3-6(8(10)11)7(5(4)2)9(12)13/h6-7H,3H2,1-2H3,(H,10,11)(H,12,13). The van der Waals surface area contributed by atoms with Crippen LogP contribution in [-0.2, 0) is 9.59 Å². The Morgan fingerprint density at radius 2 is 1.77 bits per heavy atom. The minimum atomic E-state index is -1.04. The van der Waals surface area contributed by atoms with Gasteiger partial charge in [0.25, 0.3) is 0 Å². The van der Waals surface area contributed by atoms with Gasteiger partial charge in [-0.05, 0) is 20.3 Å². The van der Waals surface area contributed by atoms with E-state index in [0.29, 0.717) is 12.0 Å². The summed E-state index contributed by atoms with van der Waals surface area (Å²) in [6.07, 6.45) is 0.359. The van der Waals surface area contributed by atoms with E-state index in [9.17, 15) is 9.59 Å². The number of hydrogen-bond acceptors (Lipinski definition) is 2. The summed E-state index contributed by atoms with van der Waals surface area (Å²) < 4.78 is 0. The molecule has 1 rings (SSSR count). The summed E-state index contributed by atoms with van der Waals surface area (Å²) in [4.78, 5) is 21.5. The maximum absolute atomic E-state index is 10.8. The Labute approximate surface area is 75.9 Å². The van der Waals surface area contributed by atoms with E-state index >= 15 is 0 Å². The number of rotatable bonds is 2. The summed E-state index contributed by atoms with van der Waals surface area (Å²) in [5, 5.41) is 17.6. The van der Waals surface area contributed by atoms with Gasteiger partial charge >= 0.3 is 11.9 Å². The fourth-order valence-electron chi connectivity index (χ4n) is 1.76. The molecule has 0 heterocycles. The largest absolute Gasteiger partial charge is 0.481 e. The van der Waals surface area contributed by atoms with Crippen LogP contribution in [0.2, 0.25) is 0 Å². The highest BCUT2D eigenvalue weighted by Crippen LogP contribution is 2.36. The Morgan fingerprint density at radius 1 is 1.23 bits per heavy atom. The maximum atomic E-state index is 10.8. The van der Waals surface area contributed by atoms with Gasteiger partial charge in [0, 0.05) is 0 Å². The molecule has 2 N–H and O–H groups in total. The second kappa shape index (κ2) is 3.20. The quantitative estimate of drug-likeness (QED) is 0.631. The molecule has 0 spiro atoms. The van der Waals surface area contributed by atoms with Crippen LogP contribution < -0.4 is 0 Å². The van der Waals surface area contributed by atoms with Crippen molar-refractivity contribution >= 4 is 11.9 Å². The molecule has 0 aromatic carbocycles. The van der Waals surface area contributed by atoms with Crippen molar-refractivity contribution in [3.8, 4) is 0 Å². The lowest BCUT2D eigenvalue weighted by atomic mass is 9.92. The molecule has 2 unspecified atom stereocenters. The van der Waals surface area contributed by atoms with Gasteiger partial charge in [0.2, 0.25) is 0 Å². The fraction of sp³-hybridized carbons (Fsp3) is 0.556. The van der Waals surface area contributed by atoms with Crippen LogP contribution in [0.5, 0.6) is 0 Å². The van der Waals surface area contributed by atoms with Crippen LogP contribution in [0, 0.1) is 11.8 Å². The summed E-state index contributed by atoms with van der Waals surface area (Å²) in [5.41, 5.74) is 1.58. The third-order valence-electron chi connectivity index (χ3n) is 2.65. The first-order chi connectivity index (χ1) is 5.95. The van der Waals surface area contributed by atoms with Gasteiger partial charge in [-0.2, -0.15) is 0 Å². The molecule has 0 radical (unpaired) electrons. The van der Waals surface area contributed by atoms with Gasteiger partial charge in [0.1, 0.15) is 0 Å². The highest BCUT2D eigenvalue weighted by atomic mass is 16.4. The van der Waals surface area contributed by atoms with Crippen molar-refractivity contribution in [2.75, 3.05) is 0 Å². The highest BCUT2D eigenvalue weighted by Gasteiger charge is 2.40. The summed E-state index contributed by atoms with van der Waals surface area (Å²) in [7, 11) is 0. The molecule has 0 aromatic heterocycles. The van der Waals surface area contributed by atoms with Crippen LogP contribution in [0.3, 0.4) is 0 Å². The van der Waals surface area contributed by atoms with Gasteiger partial charge in [0.05, 0.1) is 11.8 Å². The van der Waals surface area contributed by atoms with Crippen molar-refractivity contribution in [2.45, 2.75) is 20.3 Å². The minimum Gasteiger partial charge on any atom is -0.481 e. The topological polar surface area (TPSA) is 74.6 Å². The van der Waals surface area contributed by atoms with Crippen LogP contribution in [-0.4, -0.2) is 22.2 Å². The van der Waals surface area contributed by atoms with Crippen molar-refractivity contribution in [1.82, 2.24) is 0 Å². The Morgan fingerprint density at radius 3 is 2.08 bits per heavy atom. The molecule has 72 valence electrons. The van der Waals surface area contributed by atoms with Gasteiger partial charge in [-0.3, -0.25) is 9.59 Å². The summed E-state index contributed by atoms with van der Waals surface area (Å²) in [6.45, 7) is 3.48. The molecule has 0 fully saturated rings. The summed E-state index contributed by atoms with van der Waals surface area (Å²) >= 11 is 0. The number of allylic oxidation sites excluding steroid dienone is 1.